The van der Waals surface area contributed by atoms with E-state index in [2.05, 4.69) is 20.3 Å². The number of rotatable bonds is 7. The maximum Gasteiger partial charge on any atom is 0.315 e. The van der Waals surface area contributed by atoms with Crippen LogP contribution < -0.4 is 15.4 Å². The van der Waals surface area contributed by atoms with E-state index in [0.29, 0.717) is 18.7 Å². The molecule has 0 saturated carbocycles. The zero-order valence-corrected chi connectivity index (χ0v) is 14.1. The van der Waals surface area contributed by atoms with E-state index in [1.807, 2.05) is 18.2 Å². The smallest absolute Gasteiger partial charge is 0.315 e. The summed E-state index contributed by atoms with van der Waals surface area (Å²) in [6, 6.07) is 10.5. The first-order chi connectivity index (χ1) is 11.5. The summed E-state index contributed by atoms with van der Waals surface area (Å²) >= 11 is 0. The lowest BCUT2D eigenvalue weighted by Gasteiger charge is -2.09. The van der Waals surface area contributed by atoms with Gasteiger partial charge in [-0.25, -0.2) is 17.9 Å². The van der Waals surface area contributed by atoms with Gasteiger partial charge in [0.2, 0.25) is 10.0 Å². The lowest BCUT2D eigenvalue weighted by Crippen LogP contribution is -2.34. The van der Waals surface area contributed by atoms with Gasteiger partial charge in [0, 0.05) is 25.5 Å². The molecule has 1 aromatic heterocycles. The number of pyridine rings is 1. The van der Waals surface area contributed by atoms with Crippen molar-refractivity contribution in [2.75, 3.05) is 7.05 Å². The standard InChI is InChI=1S/C16H20N4O3S/c1-17-24(22,23)12-15-4-2-3-14(9-15)11-20-16(21)19-10-13-5-7-18-8-6-13/h2-9,17H,10-12H2,1H3,(H2,19,20,21). The number of amides is 2. The number of nitrogens with zero attached hydrogens (tertiary/aromatic N) is 1. The molecular weight excluding hydrogens is 328 g/mol. The molecule has 1 heterocycles. The van der Waals surface area contributed by atoms with E-state index in [-0.39, 0.29) is 11.8 Å². The van der Waals surface area contributed by atoms with Crippen LogP contribution in [-0.4, -0.2) is 26.5 Å². The Bertz CT molecular complexity index is 779. The summed E-state index contributed by atoms with van der Waals surface area (Å²) in [5.74, 6) is -0.0917. The average molecular weight is 348 g/mol. The summed E-state index contributed by atoms with van der Waals surface area (Å²) in [7, 11) is -1.93. The lowest BCUT2D eigenvalue weighted by molar-refractivity contribution is 0.240. The number of hydrogen-bond donors (Lipinski definition) is 3. The summed E-state index contributed by atoms with van der Waals surface area (Å²) in [6.45, 7) is 0.727. The van der Waals surface area contributed by atoms with E-state index in [1.165, 1.54) is 7.05 Å². The van der Waals surface area contributed by atoms with Crippen LogP contribution in [0.4, 0.5) is 4.79 Å². The average Bonchev–Trinajstić information content (AvgIpc) is 2.59. The summed E-state index contributed by atoms with van der Waals surface area (Å²) in [5.41, 5.74) is 2.46. The molecule has 1 aromatic carbocycles. The number of nitrogens with one attached hydrogen (secondary N) is 3. The molecule has 2 aromatic rings. The van der Waals surface area contributed by atoms with Crippen LogP contribution >= 0.6 is 0 Å². The Labute approximate surface area is 141 Å². The third-order valence-corrected chi connectivity index (χ3v) is 4.65. The van der Waals surface area contributed by atoms with Crippen molar-refractivity contribution in [2.24, 2.45) is 0 Å². The molecule has 24 heavy (non-hydrogen) atoms. The zero-order valence-electron chi connectivity index (χ0n) is 13.3. The van der Waals surface area contributed by atoms with Gasteiger partial charge in [0.15, 0.2) is 0 Å². The van der Waals surface area contributed by atoms with Crippen molar-refractivity contribution in [3.05, 3.63) is 65.5 Å². The Morgan fingerprint density at radius 2 is 1.62 bits per heavy atom. The van der Waals surface area contributed by atoms with Gasteiger partial charge in [0.25, 0.3) is 0 Å². The number of hydrogen-bond acceptors (Lipinski definition) is 4. The number of sulfonamides is 1. The van der Waals surface area contributed by atoms with Crippen LogP contribution in [0.2, 0.25) is 0 Å². The molecular formula is C16H20N4O3S. The molecule has 2 amide bonds. The minimum Gasteiger partial charge on any atom is -0.334 e. The van der Waals surface area contributed by atoms with Crippen LogP contribution in [0, 0.1) is 0 Å². The predicted octanol–water partition coefficient (Wildman–Crippen LogP) is 1.13. The molecule has 0 fully saturated rings. The fourth-order valence-corrected chi connectivity index (χ4v) is 2.81. The minimum absolute atomic E-state index is 0.0917. The normalized spacial score (nSPS) is 11.0. The van der Waals surface area contributed by atoms with Crippen LogP contribution in [0.25, 0.3) is 0 Å². The van der Waals surface area contributed by atoms with Crippen LogP contribution in [0.5, 0.6) is 0 Å². The predicted molar refractivity (Wildman–Crippen MR) is 91.4 cm³/mol. The van der Waals surface area contributed by atoms with E-state index in [1.54, 1.807) is 30.6 Å². The third kappa shape index (κ3) is 5.98. The van der Waals surface area contributed by atoms with Crippen LogP contribution in [0.3, 0.4) is 0 Å². The summed E-state index contributed by atoms with van der Waals surface area (Å²) in [4.78, 5) is 15.7. The van der Waals surface area contributed by atoms with Gasteiger partial charge in [0.1, 0.15) is 0 Å². The van der Waals surface area contributed by atoms with Gasteiger partial charge in [-0.15, -0.1) is 0 Å². The number of carbonyl (C=O) groups excluding carboxylic acids is 1. The molecule has 2 rings (SSSR count). The van der Waals surface area contributed by atoms with Crippen molar-refractivity contribution in [3.63, 3.8) is 0 Å². The van der Waals surface area contributed by atoms with Gasteiger partial charge >= 0.3 is 6.03 Å². The van der Waals surface area contributed by atoms with Crippen molar-refractivity contribution in [1.29, 1.82) is 0 Å². The monoisotopic (exact) mass is 348 g/mol. The van der Waals surface area contributed by atoms with Crippen molar-refractivity contribution in [2.45, 2.75) is 18.8 Å². The second-order valence-electron chi connectivity index (χ2n) is 5.17. The highest BCUT2D eigenvalue weighted by Gasteiger charge is 2.09. The molecule has 0 spiro atoms. The highest BCUT2D eigenvalue weighted by molar-refractivity contribution is 7.88. The Kier molecular flexibility index (Phi) is 6.28. The summed E-state index contributed by atoms with van der Waals surface area (Å²) in [5, 5.41) is 5.49. The van der Waals surface area contributed by atoms with Gasteiger partial charge in [0.05, 0.1) is 5.75 Å². The van der Waals surface area contributed by atoms with Crippen molar-refractivity contribution < 1.29 is 13.2 Å². The van der Waals surface area contributed by atoms with Gasteiger partial charge in [-0.2, -0.15) is 0 Å². The fraction of sp³-hybridized carbons (Fsp3) is 0.250. The molecule has 0 atom stereocenters. The van der Waals surface area contributed by atoms with Crippen LogP contribution in [0.15, 0.2) is 48.8 Å². The first-order valence-corrected chi connectivity index (χ1v) is 9.03. The molecule has 8 heteroatoms. The second kappa shape index (κ2) is 8.42. The molecule has 3 N–H and O–H groups in total. The quantitative estimate of drug-likeness (QED) is 0.698. The van der Waals surface area contributed by atoms with Crippen LogP contribution in [-0.2, 0) is 28.9 Å². The third-order valence-electron chi connectivity index (χ3n) is 3.31. The van der Waals surface area contributed by atoms with Crippen molar-refractivity contribution in [1.82, 2.24) is 20.3 Å². The zero-order chi connectivity index (χ0) is 17.4. The highest BCUT2D eigenvalue weighted by Crippen LogP contribution is 2.08. The molecule has 0 saturated heterocycles. The Hall–Kier alpha value is -2.45. The SMILES string of the molecule is CNS(=O)(=O)Cc1cccc(CNC(=O)NCc2ccncc2)c1. The van der Waals surface area contributed by atoms with Crippen LogP contribution in [0.1, 0.15) is 16.7 Å². The molecule has 128 valence electrons. The number of aromatic nitrogens is 1. The minimum atomic E-state index is -3.31. The van der Waals surface area contributed by atoms with E-state index >= 15 is 0 Å². The Morgan fingerprint density at radius 3 is 2.29 bits per heavy atom. The number of carbonyl (C=O) groups is 1. The molecule has 0 bridgehead atoms. The number of urea groups is 1. The van der Waals surface area contributed by atoms with E-state index in [0.717, 1.165) is 11.1 Å². The van der Waals surface area contributed by atoms with E-state index in [4.69, 9.17) is 0 Å². The first-order valence-electron chi connectivity index (χ1n) is 7.38. The summed E-state index contributed by atoms with van der Waals surface area (Å²) < 4.78 is 25.4. The molecule has 0 aliphatic heterocycles. The lowest BCUT2D eigenvalue weighted by atomic mass is 10.1. The first kappa shape index (κ1) is 17.9. The maximum absolute atomic E-state index is 11.8. The van der Waals surface area contributed by atoms with E-state index < -0.39 is 10.0 Å². The highest BCUT2D eigenvalue weighted by atomic mass is 32.2. The van der Waals surface area contributed by atoms with Crippen molar-refractivity contribution >= 4 is 16.1 Å². The molecule has 0 radical (unpaired) electrons. The second-order valence-corrected chi connectivity index (χ2v) is 7.10. The summed E-state index contributed by atoms with van der Waals surface area (Å²) in [6.07, 6.45) is 3.33. The van der Waals surface area contributed by atoms with Gasteiger partial charge in [-0.1, -0.05) is 24.3 Å². The number of benzene rings is 1. The molecule has 7 nitrogen and oxygen atoms in total. The fourth-order valence-electron chi connectivity index (χ4n) is 2.05. The van der Waals surface area contributed by atoms with E-state index in [9.17, 15) is 13.2 Å². The largest absolute Gasteiger partial charge is 0.334 e. The molecule has 0 aliphatic carbocycles. The van der Waals surface area contributed by atoms with Gasteiger partial charge in [-0.05, 0) is 35.9 Å². The van der Waals surface area contributed by atoms with Crippen molar-refractivity contribution in [3.8, 4) is 0 Å². The Balaban J connectivity index is 1.84. The molecule has 0 unspecified atom stereocenters. The van der Waals surface area contributed by atoms with Gasteiger partial charge < -0.3 is 10.6 Å². The topological polar surface area (TPSA) is 100 Å². The Morgan fingerprint density at radius 1 is 1.00 bits per heavy atom. The maximum atomic E-state index is 11.8. The van der Waals surface area contributed by atoms with Gasteiger partial charge in [-0.3, -0.25) is 4.98 Å². The molecule has 0 aliphatic rings.